The molecule has 2 aliphatic heterocycles. The molecule has 7 aromatic rings. The summed E-state index contributed by atoms with van der Waals surface area (Å²) in [5, 5.41) is 2.53. The van der Waals surface area contributed by atoms with Crippen LogP contribution in [0, 0.1) is 0 Å². The molecule has 0 N–H and O–H groups in total. The van der Waals surface area contributed by atoms with Gasteiger partial charge in [-0.15, -0.1) is 0 Å². The van der Waals surface area contributed by atoms with Crippen molar-refractivity contribution < 1.29 is 4.74 Å². The molecular weight excluding hydrogens is 542 g/mol. The SMILES string of the molecule is CN1CN(c2cccc(N3c4ccccc4Oc4ccc(-n5cccc5)cc43)c2)C=C1n1c2ccccc2c2ccccc21. The molecule has 5 aromatic carbocycles. The zero-order valence-electron chi connectivity index (χ0n) is 24.2. The van der Waals surface area contributed by atoms with Crippen LogP contribution in [0.2, 0.25) is 0 Å². The Balaban J connectivity index is 1.16. The van der Waals surface area contributed by atoms with Gasteiger partial charge in [0.1, 0.15) is 5.82 Å². The molecule has 0 amide bonds. The Labute approximate surface area is 255 Å². The van der Waals surface area contributed by atoms with Crippen LogP contribution in [0.3, 0.4) is 0 Å². The predicted octanol–water partition coefficient (Wildman–Crippen LogP) is 9.33. The molecular formula is C38H29N5O. The van der Waals surface area contributed by atoms with Gasteiger partial charge in [-0.05, 0) is 72.8 Å². The molecule has 0 atom stereocenters. The van der Waals surface area contributed by atoms with Gasteiger partial charge in [0.25, 0.3) is 0 Å². The third-order valence-electron chi connectivity index (χ3n) is 8.67. The summed E-state index contributed by atoms with van der Waals surface area (Å²) < 4.78 is 10.9. The summed E-state index contributed by atoms with van der Waals surface area (Å²) in [7, 11) is 2.16. The number of hydrogen-bond acceptors (Lipinski definition) is 4. The number of para-hydroxylation sites is 4. The van der Waals surface area contributed by atoms with E-state index in [9.17, 15) is 0 Å². The smallest absolute Gasteiger partial charge is 0.151 e. The summed E-state index contributed by atoms with van der Waals surface area (Å²) in [6.45, 7) is 0.744. The van der Waals surface area contributed by atoms with E-state index in [4.69, 9.17) is 4.74 Å². The first-order valence-electron chi connectivity index (χ1n) is 14.9. The lowest BCUT2D eigenvalue weighted by Crippen LogP contribution is -2.24. The van der Waals surface area contributed by atoms with E-state index in [2.05, 4.69) is 153 Å². The molecule has 6 heteroatoms. The Morgan fingerprint density at radius 1 is 0.568 bits per heavy atom. The minimum atomic E-state index is 0.744. The topological polar surface area (TPSA) is 28.8 Å². The molecule has 9 rings (SSSR count). The van der Waals surface area contributed by atoms with Gasteiger partial charge in [0.05, 0.1) is 29.1 Å². The maximum Gasteiger partial charge on any atom is 0.151 e. The minimum absolute atomic E-state index is 0.744. The normalized spacial score (nSPS) is 14.1. The first-order chi connectivity index (χ1) is 21.7. The quantitative estimate of drug-likeness (QED) is 0.210. The summed E-state index contributed by atoms with van der Waals surface area (Å²) in [6, 6.07) is 44.8. The van der Waals surface area contributed by atoms with Crippen molar-refractivity contribution in [1.29, 1.82) is 0 Å². The average molecular weight is 572 g/mol. The van der Waals surface area contributed by atoms with Gasteiger partial charge in [0.15, 0.2) is 11.5 Å². The largest absolute Gasteiger partial charge is 0.453 e. The van der Waals surface area contributed by atoms with Crippen LogP contribution in [-0.2, 0) is 0 Å². The van der Waals surface area contributed by atoms with Crippen LogP contribution in [0.1, 0.15) is 0 Å². The van der Waals surface area contributed by atoms with Crippen LogP contribution >= 0.6 is 0 Å². The lowest BCUT2D eigenvalue weighted by molar-refractivity contribution is 0.477. The van der Waals surface area contributed by atoms with Gasteiger partial charge >= 0.3 is 0 Å². The van der Waals surface area contributed by atoms with Crippen LogP contribution < -0.4 is 14.5 Å². The summed E-state index contributed by atoms with van der Waals surface area (Å²) in [5.41, 5.74) is 7.72. The highest BCUT2D eigenvalue weighted by Crippen LogP contribution is 2.51. The molecule has 0 fully saturated rings. The van der Waals surface area contributed by atoms with Crippen LogP contribution in [0.5, 0.6) is 11.5 Å². The van der Waals surface area contributed by atoms with Crippen molar-refractivity contribution in [2.45, 2.75) is 0 Å². The van der Waals surface area contributed by atoms with Gasteiger partial charge < -0.3 is 24.0 Å². The molecule has 4 heterocycles. The fraction of sp³-hybridized carbons (Fsp3) is 0.0526. The number of anilines is 4. The lowest BCUT2D eigenvalue weighted by atomic mass is 10.1. The number of aromatic nitrogens is 2. The first-order valence-corrected chi connectivity index (χ1v) is 14.9. The molecule has 0 radical (unpaired) electrons. The maximum absolute atomic E-state index is 6.39. The van der Waals surface area contributed by atoms with E-state index >= 15 is 0 Å². The molecule has 0 aliphatic carbocycles. The van der Waals surface area contributed by atoms with Crippen molar-refractivity contribution in [3.8, 4) is 17.2 Å². The third-order valence-corrected chi connectivity index (χ3v) is 8.67. The average Bonchev–Trinajstić information content (AvgIpc) is 3.82. The minimum Gasteiger partial charge on any atom is -0.453 e. The summed E-state index contributed by atoms with van der Waals surface area (Å²) in [6.07, 6.45) is 6.40. The number of nitrogens with zero attached hydrogens (tertiary/aromatic N) is 5. The monoisotopic (exact) mass is 571 g/mol. The Morgan fingerprint density at radius 3 is 2.05 bits per heavy atom. The van der Waals surface area contributed by atoms with Crippen molar-refractivity contribution in [3.05, 3.63) is 146 Å². The highest BCUT2D eigenvalue weighted by atomic mass is 16.5. The second kappa shape index (κ2) is 9.57. The number of hydrogen-bond donors (Lipinski definition) is 0. The lowest BCUT2D eigenvalue weighted by Gasteiger charge is -2.33. The standard InChI is InChI=1S/C38H29N5O/c1-39-26-41(25-38(39)43-32-15-4-2-13-30(32)31-14-3-5-16-33(31)43)27-11-10-12-29(23-27)42-34-17-6-7-18-36(34)44-37-20-19-28(24-35(37)42)40-21-8-9-22-40/h2-25H,26H2,1H3. The van der Waals surface area contributed by atoms with Gasteiger partial charge in [-0.2, -0.15) is 0 Å². The van der Waals surface area contributed by atoms with E-state index in [1.165, 1.54) is 21.8 Å². The summed E-state index contributed by atoms with van der Waals surface area (Å²) >= 11 is 0. The second-order valence-corrected chi connectivity index (χ2v) is 11.3. The number of ether oxygens (including phenoxy) is 1. The van der Waals surface area contributed by atoms with Crippen LogP contribution in [-0.4, -0.2) is 27.8 Å². The van der Waals surface area contributed by atoms with Crippen molar-refractivity contribution in [1.82, 2.24) is 14.0 Å². The molecule has 0 saturated heterocycles. The molecule has 0 saturated carbocycles. The Kier molecular flexibility index (Phi) is 5.37. The maximum atomic E-state index is 6.39. The van der Waals surface area contributed by atoms with E-state index in [-0.39, 0.29) is 0 Å². The molecule has 0 spiro atoms. The van der Waals surface area contributed by atoms with E-state index in [1.54, 1.807) is 0 Å². The highest BCUT2D eigenvalue weighted by Gasteiger charge is 2.28. The van der Waals surface area contributed by atoms with Gasteiger partial charge in [-0.25, -0.2) is 0 Å². The molecule has 0 unspecified atom stereocenters. The fourth-order valence-electron chi connectivity index (χ4n) is 6.63. The number of rotatable bonds is 4. The van der Waals surface area contributed by atoms with Gasteiger partial charge in [0, 0.05) is 53.5 Å². The number of fused-ring (bicyclic) bond motifs is 5. The number of benzene rings is 5. The zero-order chi connectivity index (χ0) is 29.2. The van der Waals surface area contributed by atoms with Crippen molar-refractivity contribution in [3.63, 3.8) is 0 Å². The molecule has 6 nitrogen and oxygen atoms in total. The Morgan fingerprint density at radius 2 is 1.25 bits per heavy atom. The molecule has 212 valence electrons. The van der Waals surface area contributed by atoms with Gasteiger partial charge in [-0.3, -0.25) is 4.57 Å². The van der Waals surface area contributed by atoms with Crippen LogP contribution in [0.15, 0.2) is 146 Å². The Bertz CT molecular complexity index is 2170. The second-order valence-electron chi connectivity index (χ2n) is 11.3. The highest BCUT2D eigenvalue weighted by molar-refractivity contribution is 6.10. The van der Waals surface area contributed by atoms with Crippen LogP contribution in [0.4, 0.5) is 22.7 Å². The van der Waals surface area contributed by atoms with Crippen LogP contribution in [0.25, 0.3) is 33.3 Å². The van der Waals surface area contributed by atoms with Crippen molar-refractivity contribution >= 4 is 50.4 Å². The zero-order valence-corrected chi connectivity index (χ0v) is 24.2. The van der Waals surface area contributed by atoms with E-state index < -0.39 is 0 Å². The third kappa shape index (κ3) is 3.74. The molecule has 2 aromatic heterocycles. The Hall–Kier alpha value is -5.88. The van der Waals surface area contributed by atoms with E-state index in [1.807, 2.05) is 24.3 Å². The fourth-order valence-corrected chi connectivity index (χ4v) is 6.63. The van der Waals surface area contributed by atoms with Gasteiger partial charge in [0.2, 0.25) is 0 Å². The predicted molar refractivity (Wildman–Crippen MR) is 179 cm³/mol. The molecule has 44 heavy (non-hydrogen) atoms. The van der Waals surface area contributed by atoms with Gasteiger partial charge in [-0.1, -0.05) is 54.6 Å². The van der Waals surface area contributed by atoms with E-state index in [0.29, 0.717) is 0 Å². The van der Waals surface area contributed by atoms with E-state index in [0.717, 1.165) is 52.4 Å². The summed E-state index contributed by atoms with van der Waals surface area (Å²) in [5.74, 6) is 2.82. The first kappa shape index (κ1) is 24.7. The molecule has 2 aliphatic rings. The van der Waals surface area contributed by atoms with Crippen molar-refractivity contribution in [2.24, 2.45) is 0 Å². The molecule has 0 bridgehead atoms. The summed E-state index contributed by atoms with van der Waals surface area (Å²) in [4.78, 5) is 6.95. The van der Waals surface area contributed by atoms with Crippen molar-refractivity contribution in [2.75, 3.05) is 23.5 Å².